The summed E-state index contributed by atoms with van der Waals surface area (Å²) in [6.07, 6.45) is -0.389. The van der Waals surface area contributed by atoms with Crippen molar-refractivity contribution >= 4 is 17.7 Å². The molecule has 0 saturated carbocycles. The lowest BCUT2D eigenvalue weighted by atomic mass is 10.1. The van der Waals surface area contributed by atoms with Crippen molar-refractivity contribution in [3.8, 4) is 0 Å². The highest BCUT2D eigenvalue weighted by atomic mass is 16.6. The van der Waals surface area contributed by atoms with Gasteiger partial charge in [-0.25, -0.2) is 4.79 Å². The maximum atomic E-state index is 11.5. The van der Waals surface area contributed by atoms with Gasteiger partial charge < -0.3 is 14.6 Å². The van der Waals surface area contributed by atoms with Crippen LogP contribution in [0.2, 0.25) is 0 Å². The second kappa shape index (κ2) is 4.61. The van der Waals surface area contributed by atoms with Gasteiger partial charge in [-0.05, 0) is 0 Å². The molecule has 1 heterocycles. The predicted octanol–water partition coefficient (Wildman–Crippen LogP) is 0.391. The summed E-state index contributed by atoms with van der Waals surface area (Å²) in [7, 11) is 1.19. The molecule has 0 fully saturated rings. The second-order valence-corrected chi connectivity index (χ2v) is 3.04. The van der Waals surface area contributed by atoms with Gasteiger partial charge in [-0.15, -0.1) is 0 Å². The molecule has 0 saturated heterocycles. The van der Waals surface area contributed by atoms with Crippen molar-refractivity contribution in [2.45, 2.75) is 12.8 Å². The molecular formula is C10H10O6. The van der Waals surface area contributed by atoms with Crippen LogP contribution in [0.5, 0.6) is 0 Å². The number of hydrogen-bond donors (Lipinski definition) is 1. The van der Waals surface area contributed by atoms with Crippen LogP contribution in [0.15, 0.2) is 23.7 Å². The van der Waals surface area contributed by atoms with E-state index in [-0.39, 0.29) is 18.6 Å². The van der Waals surface area contributed by atoms with Crippen LogP contribution in [0.4, 0.5) is 0 Å². The highest BCUT2D eigenvalue weighted by molar-refractivity contribution is 6.20. The largest absolute Gasteiger partial charge is 0.504 e. The molecule has 0 spiro atoms. The molecule has 0 atom stereocenters. The van der Waals surface area contributed by atoms with E-state index in [4.69, 9.17) is 0 Å². The van der Waals surface area contributed by atoms with Crippen LogP contribution in [0.1, 0.15) is 12.8 Å². The Bertz CT molecular complexity index is 404. The number of hydrogen-bond acceptors (Lipinski definition) is 6. The van der Waals surface area contributed by atoms with E-state index in [2.05, 4.69) is 16.1 Å². The summed E-state index contributed by atoms with van der Waals surface area (Å²) in [5, 5.41) is 9.32. The first-order chi connectivity index (χ1) is 7.47. The quantitative estimate of drug-likeness (QED) is 0.551. The molecule has 86 valence electrons. The summed E-state index contributed by atoms with van der Waals surface area (Å²) in [6.45, 7) is 3.23. The number of ketones is 1. The highest BCUT2D eigenvalue weighted by Gasteiger charge is 2.33. The van der Waals surface area contributed by atoms with Crippen LogP contribution in [-0.2, 0) is 23.9 Å². The maximum absolute atomic E-state index is 11.5. The molecular weight excluding hydrogens is 216 g/mol. The monoisotopic (exact) mass is 226 g/mol. The van der Waals surface area contributed by atoms with E-state index < -0.39 is 29.1 Å². The van der Waals surface area contributed by atoms with Crippen LogP contribution in [0.25, 0.3) is 0 Å². The molecule has 0 aromatic carbocycles. The Morgan fingerprint density at radius 3 is 2.50 bits per heavy atom. The standard InChI is InChI=1S/C10H10O6/c1-5-9(13)8(10(14)16-5)6(11)3-4-7(12)15-2/h13H,1,3-4H2,2H3. The molecule has 1 aliphatic heterocycles. The maximum Gasteiger partial charge on any atom is 0.351 e. The van der Waals surface area contributed by atoms with Gasteiger partial charge in [0.25, 0.3) is 0 Å². The molecule has 0 unspecified atom stereocenters. The number of rotatable bonds is 4. The van der Waals surface area contributed by atoms with Gasteiger partial charge >= 0.3 is 11.9 Å². The summed E-state index contributed by atoms with van der Waals surface area (Å²) < 4.78 is 8.78. The van der Waals surface area contributed by atoms with Gasteiger partial charge in [-0.3, -0.25) is 9.59 Å². The Kier molecular flexibility index (Phi) is 3.44. The molecule has 0 radical (unpaired) electrons. The zero-order valence-electron chi connectivity index (χ0n) is 8.61. The molecule has 0 bridgehead atoms. The lowest BCUT2D eigenvalue weighted by Crippen LogP contribution is -2.13. The van der Waals surface area contributed by atoms with Gasteiger partial charge in [0.1, 0.15) is 5.57 Å². The predicted molar refractivity (Wildman–Crippen MR) is 51.1 cm³/mol. The summed E-state index contributed by atoms with van der Waals surface area (Å²) in [5.74, 6) is -3.02. The molecule has 1 N–H and O–H groups in total. The average molecular weight is 226 g/mol. The topological polar surface area (TPSA) is 89.9 Å². The third kappa shape index (κ3) is 2.28. The van der Waals surface area contributed by atoms with Crippen molar-refractivity contribution in [2.24, 2.45) is 0 Å². The van der Waals surface area contributed by atoms with Gasteiger partial charge in [0.15, 0.2) is 17.3 Å². The van der Waals surface area contributed by atoms with E-state index in [1.807, 2.05) is 0 Å². The van der Waals surface area contributed by atoms with Crippen LogP contribution in [-0.4, -0.2) is 29.9 Å². The lowest BCUT2D eigenvalue weighted by Gasteiger charge is -1.98. The van der Waals surface area contributed by atoms with Crippen molar-refractivity contribution in [1.82, 2.24) is 0 Å². The molecule has 1 aliphatic rings. The summed E-state index contributed by atoms with van der Waals surface area (Å²) in [4.78, 5) is 33.3. The van der Waals surface area contributed by atoms with Gasteiger partial charge in [0, 0.05) is 6.42 Å². The number of aliphatic hydroxyl groups is 1. The average Bonchev–Trinajstić information content (AvgIpc) is 2.49. The first-order valence-electron chi connectivity index (χ1n) is 4.42. The zero-order chi connectivity index (χ0) is 12.3. The van der Waals surface area contributed by atoms with E-state index in [0.717, 1.165) is 0 Å². The first-order valence-corrected chi connectivity index (χ1v) is 4.42. The summed E-state index contributed by atoms with van der Waals surface area (Å²) >= 11 is 0. The minimum atomic E-state index is -0.947. The number of aliphatic hydroxyl groups excluding tert-OH is 1. The van der Waals surface area contributed by atoms with Crippen LogP contribution in [0, 0.1) is 0 Å². The van der Waals surface area contributed by atoms with Gasteiger partial charge in [0.2, 0.25) is 0 Å². The van der Waals surface area contributed by atoms with Gasteiger partial charge in [0.05, 0.1) is 13.5 Å². The van der Waals surface area contributed by atoms with Gasteiger partial charge in [-0.1, -0.05) is 6.58 Å². The summed E-state index contributed by atoms with van der Waals surface area (Å²) in [6, 6.07) is 0. The minimum Gasteiger partial charge on any atom is -0.504 e. The lowest BCUT2D eigenvalue weighted by molar-refractivity contribution is -0.142. The minimum absolute atomic E-state index is 0.161. The highest BCUT2D eigenvalue weighted by Crippen LogP contribution is 2.24. The Morgan fingerprint density at radius 1 is 1.44 bits per heavy atom. The van der Waals surface area contributed by atoms with Crippen molar-refractivity contribution < 1.29 is 29.0 Å². The third-order valence-corrected chi connectivity index (χ3v) is 1.98. The molecule has 0 amide bonds. The van der Waals surface area contributed by atoms with Crippen molar-refractivity contribution in [2.75, 3.05) is 7.11 Å². The normalized spacial score (nSPS) is 15.1. The Hall–Kier alpha value is -2.11. The van der Waals surface area contributed by atoms with E-state index in [9.17, 15) is 19.5 Å². The second-order valence-electron chi connectivity index (χ2n) is 3.04. The number of ether oxygens (including phenoxy) is 2. The number of methoxy groups -OCH3 is 1. The van der Waals surface area contributed by atoms with Crippen LogP contribution < -0.4 is 0 Å². The molecule has 0 aromatic rings. The Labute approximate surface area is 91.1 Å². The molecule has 16 heavy (non-hydrogen) atoms. The Morgan fingerprint density at radius 2 is 2.06 bits per heavy atom. The number of carbonyl (C=O) groups is 3. The first kappa shape index (κ1) is 12.0. The SMILES string of the molecule is C=C1OC(=O)C(C(=O)CCC(=O)OC)=C1O. The number of esters is 2. The fourth-order valence-electron chi connectivity index (χ4n) is 1.14. The summed E-state index contributed by atoms with van der Waals surface area (Å²) in [5.41, 5.74) is -0.464. The van der Waals surface area contributed by atoms with E-state index >= 15 is 0 Å². The fourth-order valence-corrected chi connectivity index (χ4v) is 1.14. The van der Waals surface area contributed by atoms with E-state index in [0.29, 0.717) is 0 Å². The van der Waals surface area contributed by atoms with Crippen molar-refractivity contribution in [1.29, 1.82) is 0 Å². The smallest absolute Gasteiger partial charge is 0.351 e. The Balaban J connectivity index is 2.71. The molecule has 0 aliphatic carbocycles. The fraction of sp³-hybridized carbons (Fsp3) is 0.300. The van der Waals surface area contributed by atoms with Crippen LogP contribution in [0.3, 0.4) is 0 Å². The van der Waals surface area contributed by atoms with Crippen molar-refractivity contribution in [3.63, 3.8) is 0 Å². The number of carbonyl (C=O) groups excluding carboxylic acids is 3. The van der Waals surface area contributed by atoms with Crippen LogP contribution >= 0.6 is 0 Å². The molecule has 1 rings (SSSR count). The zero-order valence-corrected chi connectivity index (χ0v) is 8.61. The number of Topliss-reactive ketones (excluding diaryl/α,β-unsaturated/α-hetero) is 1. The van der Waals surface area contributed by atoms with E-state index in [1.165, 1.54) is 7.11 Å². The molecule has 6 nitrogen and oxygen atoms in total. The molecule has 0 aromatic heterocycles. The van der Waals surface area contributed by atoms with Crippen molar-refractivity contribution in [3.05, 3.63) is 23.7 Å². The van der Waals surface area contributed by atoms with E-state index in [1.54, 1.807) is 0 Å². The third-order valence-electron chi connectivity index (χ3n) is 1.98. The number of cyclic esters (lactones) is 1. The van der Waals surface area contributed by atoms with Gasteiger partial charge in [-0.2, -0.15) is 0 Å². The molecule has 6 heteroatoms.